The van der Waals surface area contributed by atoms with Crippen molar-refractivity contribution in [2.45, 2.75) is 18.0 Å². The Kier molecular flexibility index (Phi) is 3.15. The standard InChI is InChI=1S/C12H13N5O3S/c1-7(17-21(19,20)11-5-13-6-14-11)8-2-3-9-10(4-8)16-12(18)15-9/h2-7,17H,1H3,(H,13,14)(H2,15,16,18). The lowest BCUT2D eigenvalue weighted by Crippen LogP contribution is -2.27. The molecule has 3 rings (SSSR count). The minimum absolute atomic E-state index is 0.00507. The third-order valence-corrected chi connectivity index (χ3v) is 4.60. The second-order valence-corrected chi connectivity index (χ2v) is 6.33. The van der Waals surface area contributed by atoms with Crippen LogP contribution in [0.3, 0.4) is 0 Å². The summed E-state index contributed by atoms with van der Waals surface area (Å²) in [6.45, 7) is 1.72. The van der Waals surface area contributed by atoms with E-state index in [-0.39, 0.29) is 10.7 Å². The number of fused-ring (bicyclic) bond motifs is 1. The average Bonchev–Trinajstić information content (AvgIpc) is 3.05. The number of rotatable bonds is 4. The first-order valence-electron chi connectivity index (χ1n) is 6.18. The number of aromatic nitrogens is 4. The van der Waals surface area contributed by atoms with Gasteiger partial charge in [0.1, 0.15) is 0 Å². The van der Waals surface area contributed by atoms with Crippen LogP contribution in [0.5, 0.6) is 0 Å². The number of aromatic amines is 3. The molecule has 110 valence electrons. The second kappa shape index (κ2) is 4.86. The normalized spacial score (nSPS) is 13.6. The van der Waals surface area contributed by atoms with E-state index in [1.54, 1.807) is 25.1 Å². The lowest BCUT2D eigenvalue weighted by atomic mass is 10.1. The smallest absolute Gasteiger partial charge is 0.323 e. The van der Waals surface area contributed by atoms with Crippen molar-refractivity contribution in [1.29, 1.82) is 0 Å². The van der Waals surface area contributed by atoms with E-state index in [1.165, 1.54) is 12.5 Å². The van der Waals surface area contributed by atoms with Crippen molar-refractivity contribution >= 4 is 21.1 Å². The fourth-order valence-corrected chi connectivity index (χ4v) is 3.21. The Bertz CT molecular complexity index is 923. The molecular weight excluding hydrogens is 294 g/mol. The Hall–Kier alpha value is -2.39. The summed E-state index contributed by atoms with van der Waals surface area (Å²) in [5, 5.41) is 0.00507. The van der Waals surface area contributed by atoms with Crippen LogP contribution in [0, 0.1) is 0 Å². The molecule has 0 saturated heterocycles. The molecule has 2 heterocycles. The van der Waals surface area contributed by atoms with Crippen LogP contribution in [0.2, 0.25) is 0 Å². The van der Waals surface area contributed by atoms with Gasteiger partial charge in [-0.15, -0.1) is 0 Å². The summed E-state index contributed by atoms with van der Waals surface area (Å²) in [5.41, 5.74) is 1.74. The zero-order valence-corrected chi connectivity index (χ0v) is 11.9. The Morgan fingerprint density at radius 1 is 1.24 bits per heavy atom. The molecule has 8 nitrogen and oxygen atoms in total. The minimum Gasteiger partial charge on any atom is -0.335 e. The number of sulfonamides is 1. The molecule has 1 aromatic carbocycles. The predicted octanol–water partition coefficient (Wildman–Crippen LogP) is 0.619. The Morgan fingerprint density at radius 2 is 2.00 bits per heavy atom. The number of hydrogen-bond donors (Lipinski definition) is 4. The van der Waals surface area contributed by atoms with E-state index in [0.29, 0.717) is 11.0 Å². The molecule has 0 amide bonds. The summed E-state index contributed by atoms with van der Waals surface area (Å²) >= 11 is 0. The lowest BCUT2D eigenvalue weighted by molar-refractivity contribution is 0.564. The highest BCUT2D eigenvalue weighted by molar-refractivity contribution is 7.89. The van der Waals surface area contributed by atoms with Crippen molar-refractivity contribution in [2.24, 2.45) is 0 Å². The summed E-state index contributed by atoms with van der Waals surface area (Å²) in [5.74, 6) is 0. The van der Waals surface area contributed by atoms with Gasteiger partial charge in [0.05, 0.1) is 23.6 Å². The molecule has 3 aromatic rings. The second-order valence-electron chi connectivity index (χ2n) is 4.64. The van der Waals surface area contributed by atoms with Crippen LogP contribution in [-0.2, 0) is 10.0 Å². The maximum atomic E-state index is 12.1. The van der Waals surface area contributed by atoms with Crippen molar-refractivity contribution in [1.82, 2.24) is 24.7 Å². The topological polar surface area (TPSA) is 123 Å². The van der Waals surface area contributed by atoms with Gasteiger partial charge >= 0.3 is 5.69 Å². The molecular formula is C12H13N5O3S. The summed E-state index contributed by atoms with van der Waals surface area (Å²) in [7, 11) is -3.66. The lowest BCUT2D eigenvalue weighted by Gasteiger charge is -2.13. The first-order chi connectivity index (χ1) is 9.95. The molecule has 21 heavy (non-hydrogen) atoms. The fourth-order valence-electron chi connectivity index (χ4n) is 2.07. The van der Waals surface area contributed by atoms with Crippen molar-refractivity contribution < 1.29 is 8.42 Å². The van der Waals surface area contributed by atoms with Crippen LogP contribution in [0.1, 0.15) is 18.5 Å². The SMILES string of the molecule is CC(NS(=O)(=O)c1cnc[nH]1)c1ccc2[nH]c(=O)[nH]c2c1. The highest BCUT2D eigenvalue weighted by atomic mass is 32.2. The van der Waals surface area contributed by atoms with E-state index < -0.39 is 16.1 Å². The largest absolute Gasteiger partial charge is 0.335 e. The number of nitrogens with zero attached hydrogens (tertiary/aromatic N) is 1. The summed E-state index contributed by atoms with van der Waals surface area (Å²) in [4.78, 5) is 22.7. The van der Waals surface area contributed by atoms with Crippen LogP contribution in [0.15, 0.2) is 40.5 Å². The van der Waals surface area contributed by atoms with Gasteiger partial charge in [0.15, 0.2) is 5.03 Å². The van der Waals surface area contributed by atoms with Gasteiger partial charge in [0.25, 0.3) is 10.0 Å². The van der Waals surface area contributed by atoms with Crippen molar-refractivity contribution in [3.63, 3.8) is 0 Å². The number of nitrogens with one attached hydrogen (secondary N) is 4. The minimum atomic E-state index is -3.66. The first kappa shape index (κ1) is 13.6. The van der Waals surface area contributed by atoms with Crippen molar-refractivity contribution in [2.75, 3.05) is 0 Å². The highest BCUT2D eigenvalue weighted by Crippen LogP contribution is 2.19. The molecule has 1 unspecified atom stereocenters. The van der Waals surface area contributed by atoms with Crippen LogP contribution >= 0.6 is 0 Å². The predicted molar refractivity (Wildman–Crippen MR) is 76.2 cm³/mol. The van der Waals surface area contributed by atoms with Gasteiger partial charge in [0.2, 0.25) is 0 Å². The van der Waals surface area contributed by atoms with Gasteiger partial charge < -0.3 is 15.0 Å². The first-order valence-corrected chi connectivity index (χ1v) is 7.67. The summed E-state index contributed by atoms with van der Waals surface area (Å²) in [6.07, 6.45) is 2.54. The van der Waals surface area contributed by atoms with Gasteiger partial charge in [-0.2, -0.15) is 0 Å². The van der Waals surface area contributed by atoms with Crippen molar-refractivity contribution in [3.8, 4) is 0 Å². The molecule has 1 atom stereocenters. The van der Waals surface area contributed by atoms with Crippen LogP contribution in [-0.4, -0.2) is 28.4 Å². The molecule has 0 fully saturated rings. The average molecular weight is 307 g/mol. The summed E-state index contributed by atoms with van der Waals surface area (Å²) < 4.78 is 26.7. The monoisotopic (exact) mass is 307 g/mol. The van der Waals surface area contributed by atoms with Gasteiger partial charge in [-0.3, -0.25) is 0 Å². The van der Waals surface area contributed by atoms with E-state index >= 15 is 0 Å². The molecule has 0 bridgehead atoms. The Labute approximate surface area is 119 Å². The van der Waals surface area contributed by atoms with Crippen LogP contribution in [0.25, 0.3) is 11.0 Å². The molecule has 0 aliphatic carbocycles. The molecule has 0 radical (unpaired) electrons. The summed E-state index contributed by atoms with van der Waals surface area (Å²) in [6, 6.07) is 4.75. The third kappa shape index (κ3) is 2.60. The quantitative estimate of drug-likeness (QED) is 0.564. The van der Waals surface area contributed by atoms with E-state index in [9.17, 15) is 13.2 Å². The van der Waals surface area contributed by atoms with E-state index in [0.717, 1.165) is 5.56 Å². The zero-order valence-electron chi connectivity index (χ0n) is 11.0. The van der Waals surface area contributed by atoms with E-state index in [2.05, 4.69) is 24.7 Å². The zero-order chi connectivity index (χ0) is 15.0. The molecule has 0 aliphatic heterocycles. The number of H-pyrrole nitrogens is 3. The molecule has 0 spiro atoms. The molecule has 9 heteroatoms. The van der Waals surface area contributed by atoms with E-state index in [1.807, 2.05) is 0 Å². The number of benzene rings is 1. The van der Waals surface area contributed by atoms with Crippen LogP contribution in [0.4, 0.5) is 0 Å². The van der Waals surface area contributed by atoms with Gasteiger partial charge in [0, 0.05) is 6.04 Å². The van der Waals surface area contributed by atoms with Crippen molar-refractivity contribution in [3.05, 3.63) is 46.8 Å². The van der Waals surface area contributed by atoms with Gasteiger partial charge in [-0.05, 0) is 24.6 Å². The number of hydrogen-bond acceptors (Lipinski definition) is 4. The van der Waals surface area contributed by atoms with Gasteiger partial charge in [-0.1, -0.05) is 6.07 Å². The Balaban J connectivity index is 1.90. The molecule has 4 N–H and O–H groups in total. The Morgan fingerprint density at radius 3 is 2.71 bits per heavy atom. The van der Waals surface area contributed by atoms with Crippen LogP contribution < -0.4 is 10.4 Å². The molecule has 0 saturated carbocycles. The van der Waals surface area contributed by atoms with E-state index in [4.69, 9.17) is 0 Å². The maximum absolute atomic E-state index is 12.1. The highest BCUT2D eigenvalue weighted by Gasteiger charge is 2.19. The number of imidazole rings is 2. The molecule has 2 aromatic heterocycles. The van der Waals surface area contributed by atoms with Gasteiger partial charge in [-0.25, -0.2) is 22.9 Å². The fraction of sp³-hybridized carbons (Fsp3) is 0.167. The maximum Gasteiger partial charge on any atom is 0.323 e. The molecule has 0 aliphatic rings. The third-order valence-electron chi connectivity index (χ3n) is 3.13.